The number of rotatable bonds is 3. The van der Waals surface area contributed by atoms with Gasteiger partial charge in [0.05, 0.1) is 25.5 Å². The molecule has 21 heavy (non-hydrogen) atoms. The Bertz CT molecular complexity index is 691. The van der Waals surface area contributed by atoms with Gasteiger partial charge >= 0.3 is 0 Å². The minimum absolute atomic E-state index is 0.0913. The van der Waals surface area contributed by atoms with Crippen molar-refractivity contribution in [3.05, 3.63) is 40.7 Å². The van der Waals surface area contributed by atoms with Gasteiger partial charge in [-0.05, 0) is 25.0 Å². The summed E-state index contributed by atoms with van der Waals surface area (Å²) < 4.78 is 10.7. The van der Waals surface area contributed by atoms with Crippen LogP contribution in [0.5, 0.6) is 11.5 Å². The number of aromatic nitrogens is 2. The third-order valence-electron chi connectivity index (χ3n) is 4.05. The van der Waals surface area contributed by atoms with Crippen LogP contribution in [-0.4, -0.2) is 30.2 Å². The van der Waals surface area contributed by atoms with Crippen LogP contribution in [0.1, 0.15) is 39.6 Å². The van der Waals surface area contributed by atoms with Gasteiger partial charge in [0.1, 0.15) is 11.5 Å². The number of carbonyl (C=O) groups is 1. The fourth-order valence-corrected chi connectivity index (χ4v) is 3.00. The topological polar surface area (TPSA) is 64.2 Å². The van der Waals surface area contributed by atoms with E-state index in [1.165, 1.54) is 0 Å². The number of aromatic amines is 1. The highest BCUT2D eigenvalue weighted by molar-refractivity contribution is 5.99. The van der Waals surface area contributed by atoms with E-state index in [2.05, 4.69) is 10.2 Å². The normalized spacial score (nSPS) is 17.5. The largest absolute Gasteiger partial charge is 0.497 e. The number of fused-ring (bicyclic) bond motifs is 1. The Morgan fingerprint density at radius 1 is 1.24 bits per heavy atom. The lowest BCUT2D eigenvalue weighted by Crippen LogP contribution is -2.19. The minimum Gasteiger partial charge on any atom is -0.497 e. The predicted molar refractivity (Wildman–Crippen MR) is 78.3 cm³/mol. The summed E-state index contributed by atoms with van der Waals surface area (Å²) in [6.45, 7) is 1.89. The van der Waals surface area contributed by atoms with Crippen LogP contribution >= 0.6 is 0 Å². The van der Waals surface area contributed by atoms with Crippen molar-refractivity contribution in [2.75, 3.05) is 14.2 Å². The summed E-state index contributed by atoms with van der Waals surface area (Å²) in [7, 11) is 3.25. The van der Waals surface area contributed by atoms with Gasteiger partial charge in [-0.1, -0.05) is 6.07 Å². The summed E-state index contributed by atoms with van der Waals surface area (Å²) in [5.74, 6) is 1.73. The average Bonchev–Trinajstić information content (AvgIpc) is 2.88. The van der Waals surface area contributed by atoms with Crippen LogP contribution in [0.25, 0.3) is 0 Å². The maximum Gasteiger partial charge on any atom is 0.167 e. The van der Waals surface area contributed by atoms with Crippen LogP contribution in [-0.2, 0) is 6.42 Å². The molecule has 110 valence electrons. The zero-order valence-corrected chi connectivity index (χ0v) is 12.4. The summed E-state index contributed by atoms with van der Waals surface area (Å²) in [6.07, 6.45) is 1.23. The zero-order valence-electron chi connectivity index (χ0n) is 12.4. The summed E-state index contributed by atoms with van der Waals surface area (Å²) in [4.78, 5) is 12.3. The molecule has 1 N–H and O–H groups in total. The molecule has 0 amide bonds. The minimum atomic E-state index is 0.0913. The van der Waals surface area contributed by atoms with Gasteiger partial charge in [0.25, 0.3) is 0 Å². The first-order chi connectivity index (χ1) is 10.1. The van der Waals surface area contributed by atoms with E-state index in [-0.39, 0.29) is 11.7 Å². The third-order valence-corrected chi connectivity index (χ3v) is 4.05. The second-order valence-corrected chi connectivity index (χ2v) is 5.31. The van der Waals surface area contributed by atoms with E-state index in [9.17, 15) is 4.79 Å². The smallest absolute Gasteiger partial charge is 0.167 e. The van der Waals surface area contributed by atoms with E-state index in [1.54, 1.807) is 14.2 Å². The van der Waals surface area contributed by atoms with Gasteiger partial charge in [-0.3, -0.25) is 9.89 Å². The first kappa shape index (κ1) is 13.7. The molecule has 1 heterocycles. The molecule has 1 atom stereocenters. The summed E-state index contributed by atoms with van der Waals surface area (Å²) in [6, 6.07) is 5.72. The molecule has 0 radical (unpaired) electrons. The lowest BCUT2D eigenvalue weighted by Gasteiger charge is -2.23. The molecule has 1 aromatic carbocycles. The van der Waals surface area contributed by atoms with Crippen molar-refractivity contribution < 1.29 is 14.3 Å². The quantitative estimate of drug-likeness (QED) is 0.942. The number of aryl methyl sites for hydroxylation is 1. The molecule has 1 aliphatic rings. The van der Waals surface area contributed by atoms with Crippen LogP contribution in [0.4, 0.5) is 0 Å². The second kappa shape index (κ2) is 5.24. The van der Waals surface area contributed by atoms with Gasteiger partial charge in [-0.25, -0.2) is 0 Å². The molecule has 2 aromatic rings. The van der Waals surface area contributed by atoms with E-state index in [0.717, 1.165) is 40.4 Å². The van der Waals surface area contributed by atoms with Gasteiger partial charge in [-0.15, -0.1) is 0 Å². The lowest BCUT2D eigenvalue weighted by atomic mass is 9.81. The highest BCUT2D eigenvalue weighted by Gasteiger charge is 2.31. The fourth-order valence-electron chi connectivity index (χ4n) is 3.00. The number of hydrogen-bond acceptors (Lipinski definition) is 4. The number of H-pyrrole nitrogens is 1. The van der Waals surface area contributed by atoms with E-state index >= 15 is 0 Å². The standard InChI is InChI=1S/C16H18N2O3/c1-9-16-13(18-17-9)6-10(7-14(16)19)12-5-4-11(20-2)8-15(12)21-3/h4-5,8,10H,6-7H2,1-3H3,(H,17,18)/t10-/m0/s1. The van der Waals surface area contributed by atoms with Crippen molar-refractivity contribution in [1.29, 1.82) is 0 Å². The average molecular weight is 286 g/mol. The molecule has 0 fully saturated rings. The number of Topliss-reactive ketones (excluding diaryl/α,β-unsaturated/α-hetero) is 1. The molecule has 5 heteroatoms. The number of nitrogens with zero attached hydrogens (tertiary/aromatic N) is 1. The number of methoxy groups -OCH3 is 2. The number of benzene rings is 1. The Hall–Kier alpha value is -2.30. The summed E-state index contributed by atoms with van der Waals surface area (Å²) in [5, 5.41) is 7.17. The Kier molecular flexibility index (Phi) is 3.41. The molecule has 0 saturated carbocycles. The van der Waals surface area contributed by atoms with Crippen LogP contribution in [0.3, 0.4) is 0 Å². The number of ether oxygens (including phenoxy) is 2. The number of nitrogens with one attached hydrogen (secondary N) is 1. The third kappa shape index (κ3) is 2.28. The van der Waals surface area contributed by atoms with Crippen molar-refractivity contribution >= 4 is 5.78 Å². The van der Waals surface area contributed by atoms with Crippen LogP contribution in [0, 0.1) is 6.92 Å². The maximum absolute atomic E-state index is 12.3. The van der Waals surface area contributed by atoms with Crippen molar-refractivity contribution in [2.24, 2.45) is 0 Å². The maximum atomic E-state index is 12.3. The van der Waals surface area contributed by atoms with Gasteiger partial charge in [-0.2, -0.15) is 5.10 Å². The van der Waals surface area contributed by atoms with E-state index in [1.807, 2.05) is 25.1 Å². The van der Waals surface area contributed by atoms with Gasteiger partial charge < -0.3 is 9.47 Å². The Morgan fingerprint density at radius 2 is 2.05 bits per heavy atom. The molecule has 1 aromatic heterocycles. The van der Waals surface area contributed by atoms with E-state index in [0.29, 0.717) is 6.42 Å². The summed E-state index contributed by atoms with van der Waals surface area (Å²) >= 11 is 0. The van der Waals surface area contributed by atoms with E-state index in [4.69, 9.17) is 9.47 Å². The molecular weight excluding hydrogens is 268 g/mol. The molecule has 0 spiro atoms. The molecule has 1 aliphatic carbocycles. The van der Waals surface area contributed by atoms with Gasteiger partial charge in [0.2, 0.25) is 0 Å². The molecule has 3 rings (SSSR count). The van der Waals surface area contributed by atoms with Crippen LogP contribution in [0.2, 0.25) is 0 Å². The number of carbonyl (C=O) groups excluding carboxylic acids is 1. The first-order valence-corrected chi connectivity index (χ1v) is 6.93. The van der Waals surface area contributed by atoms with Crippen LogP contribution < -0.4 is 9.47 Å². The highest BCUT2D eigenvalue weighted by atomic mass is 16.5. The Morgan fingerprint density at radius 3 is 2.76 bits per heavy atom. The Balaban J connectivity index is 1.97. The van der Waals surface area contributed by atoms with Crippen LogP contribution in [0.15, 0.2) is 18.2 Å². The second-order valence-electron chi connectivity index (χ2n) is 5.31. The summed E-state index contributed by atoms with van der Waals surface area (Å²) in [5.41, 5.74) is 3.50. The van der Waals surface area contributed by atoms with Gasteiger partial charge in [0.15, 0.2) is 5.78 Å². The van der Waals surface area contributed by atoms with E-state index < -0.39 is 0 Å². The number of ketones is 1. The fraction of sp³-hybridized carbons (Fsp3) is 0.375. The van der Waals surface area contributed by atoms with Crippen molar-refractivity contribution in [3.63, 3.8) is 0 Å². The molecule has 5 nitrogen and oxygen atoms in total. The van der Waals surface area contributed by atoms with Gasteiger partial charge in [0, 0.05) is 24.1 Å². The predicted octanol–water partition coefficient (Wildman–Crippen LogP) is 2.65. The molecule has 0 unspecified atom stereocenters. The number of hydrogen-bond donors (Lipinski definition) is 1. The lowest BCUT2D eigenvalue weighted by molar-refractivity contribution is 0.0963. The van der Waals surface area contributed by atoms with Crippen molar-refractivity contribution in [2.45, 2.75) is 25.7 Å². The monoisotopic (exact) mass is 286 g/mol. The zero-order chi connectivity index (χ0) is 15.0. The molecule has 0 aliphatic heterocycles. The molecule has 0 bridgehead atoms. The Labute approximate surface area is 123 Å². The van der Waals surface area contributed by atoms with Crippen molar-refractivity contribution in [3.8, 4) is 11.5 Å². The highest BCUT2D eigenvalue weighted by Crippen LogP contribution is 2.38. The molecule has 0 saturated heterocycles. The first-order valence-electron chi connectivity index (χ1n) is 6.93. The SMILES string of the molecule is COc1ccc([C@@H]2CC(=O)c3c(n[nH]c3C)C2)c(OC)c1. The molecular formula is C16H18N2O3. The van der Waals surface area contributed by atoms with Crippen molar-refractivity contribution in [1.82, 2.24) is 10.2 Å².